The average molecular weight is 232 g/mol. The van der Waals surface area contributed by atoms with Crippen LogP contribution >= 0.6 is 0 Å². The lowest BCUT2D eigenvalue weighted by Gasteiger charge is -2.09. The van der Waals surface area contributed by atoms with Gasteiger partial charge in [0.2, 0.25) is 5.91 Å². The molecule has 0 aromatic heterocycles. The fourth-order valence-corrected chi connectivity index (χ4v) is 2.02. The smallest absolute Gasteiger partial charge is 0.325 e. The van der Waals surface area contributed by atoms with Crippen LogP contribution < -0.4 is 10.0 Å². The molecule has 0 bridgehead atoms. The Hall–Kier alpha value is -1.21. The van der Waals surface area contributed by atoms with Crippen molar-refractivity contribution in [3.8, 4) is 0 Å². The first-order chi connectivity index (χ1) is 7.11. The van der Waals surface area contributed by atoms with Crippen LogP contribution in [-0.4, -0.2) is 41.0 Å². The Kier molecular flexibility index (Phi) is 4.44. The molecule has 2 N–H and O–H groups in total. The summed E-state index contributed by atoms with van der Waals surface area (Å²) in [4.78, 5) is 21.8. The molecule has 6 nitrogen and oxygen atoms in total. The van der Waals surface area contributed by atoms with E-state index in [2.05, 4.69) is 16.6 Å². The Morgan fingerprint density at radius 3 is 2.93 bits per heavy atom. The number of amides is 1. The molecular weight excluding hydrogens is 220 g/mol. The molecule has 1 aliphatic heterocycles. The predicted molar refractivity (Wildman–Crippen MR) is 54.1 cm³/mol. The molecule has 0 aliphatic carbocycles. The van der Waals surface area contributed by atoms with E-state index >= 15 is 0 Å². The topological polar surface area (TPSA) is 84.5 Å². The lowest BCUT2D eigenvalue weighted by atomic mass is 10.4. The number of esters is 1. The van der Waals surface area contributed by atoms with E-state index in [1.54, 1.807) is 0 Å². The zero-order chi connectivity index (χ0) is 11.3. The van der Waals surface area contributed by atoms with E-state index in [-0.39, 0.29) is 12.6 Å². The van der Waals surface area contributed by atoms with Crippen LogP contribution in [0.1, 0.15) is 0 Å². The summed E-state index contributed by atoms with van der Waals surface area (Å²) in [6.07, 6.45) is 0.693. The highest BCUT2D eigenvalue weighted by atomic mass is 32.2. The molecule has 1 fully saturated rings. The normalized spacial score (nSPS) is 24.5. The lowest BCUT2D eigenvalue weighted by molar-refractivity contribution is -0.147. The summed E-state index contributed by atoms with van der Waals surface area (Å²) in [5, 5.41) is 2.29. The molecule has 15 heavy (non-hydrogen) atoms. The summed E-state index contributed by atoms with van der Waals surface area (Å²) in [6, 6.07) is 0. The molecule has 2 unspecified atom stereocenters. The highest BCUT2D eigenvalue weighted by molar-refractivity contribution is 7.83. The maximum absolute atomic E-state index is 11.1. The van der Waals surface area contributed by atoms with Crippen LogP contribution in [-0.2, 0) is 25.3 Å². The fraction of sp³-hybridized carbons (Fsp3) is 0.500. The van der Waals surface area contributed by atoms with Gasteiger partial charge in [-0.15, -0.1) is 0 Å². The number of hydrogen-bond acceptors (Lipinski definition) is 4. The van der Waals surface area contributed by atoms with Gasteiger partial charge in [-0.1, -0.05) is 6.58 Å². The van der Waals surface area contributed by atoms with E-state index in [1.807, 2.05) is 0 Å². The Morgan fingerprint density at radius 1 is 1.67 bits per heavy atom. The van der Waals surface area contributed by atoms with E-state index in [0.717, 1.165) is 6.08 Å². The van der Waals surface area contributed by atoms with Crippen molar-refractivity contribution in [1.82, 2.24) is 10.0 Å². The molecule has 2 atom stereocenters. The SMILES string of the molecule is C=CC(=O)NCC(=O)OC1CNS(=O)C1. The van der Waals surface area contributed by atoms with E-state index < -0.39 is 22.9 Å². The minimum absolute atomic E-state index is 0.200. The van der Waals surface area contributed by atoms with Crippen LogP contribution in [0.5, 0.6) is 0 Å². The number of rotatable bonds is 4. The Labute approximate surface area is 89.6 Å². The maximum atomic E-state index is 11.1. The second-order valence-electron chi connectivity index (χ2n) is 2.89. The third-order valence-corrected chi connectivity index (χ3v) is 2.86. The zero-order valence-corrected chi connectivity index (χ0v) is 8.84. The van der Waals surface area contributed by atoms with Crippen LogP contribution in [0.2, 0.25) is 0 Å². The monoisotopic (exact) mass is 232 g/mol. The van der Waals surface area contributed by atoms with Gasteiger partial charge in [0, 0.05) is 6.54 Å². The summed E-state index contributed by atoms with van der Waals surface area (Å²) < 4.78 is 18.4. The van der Waals surface area contributed by atoms with Crippen LogP contribution in [0.15, 0.2) is 12.7 Å². The van der Waals surface area contributed by atoms with Gasteiger partial charge in [0.25, 0.3) is 0 Å². The molecule has 1 amide bonds. The van der Waals surface area contributed by atoms with Gasteiger partial charge >= 0.3 is 5.97 Å². The van der Waals surface area contributed by atoms with Crippen molar-refractivity contribution in [3.63, 3.8) is 0 Å². The summed E-state index contributed by atoms with van der Waals surface area (Å²) in [7, 11) is -1.11. The quantitative estimate of drug-likeness (QED) is 0.455. The maximum Gasteiger partial charge on any atom is 0.325 e. The minimum Gasteiger partial charge on any atom is -0.459 e. The largest absolute Gasteiger partial charge is 0.459 e. The van der Waals surface area contributed by atoms with Crippen molar-refractivity contribution in [3.05, 3.63) is 12.7 Å². The van der Waals surface area contributed by atoms with Gasteiger partial charge in [0.1, 0.15) is 12.6 Å². The third kappa shape index (κ3) is 4.22. The molecule has 1 heterocycles. The van der Waals surface area contributed by atoms with Crippen LogP contribution in [0, 0.1) is 0 Å². The molecule has 84 valence electrons. The van der Waals surface area contributed by atoms with E-state index in [0.29, 0.717) is 12.3 Å². The van der Waals surface area contributed by atoms with Gasteiger partial charge in [-0.05, 0) is 6.08 Å². The molecule has 0 aromatic carbocycles. The fourth-order valence-electron chi connectivity index (χ4n) is 1.01. The average Bonchev–Trinajstić information content (AvgIpc) is 2.60. The highest BCUT2D eigenvalue weighted by Crippen LogP contribution is 2.01. The number of carbonyl (C=O) groups excluding carboxylic acids is 2. The van der Waals surface area contributed by atoms with Gasteiger partial charge in [-0.2, -0.15) is 0 Å². The predicted octanol–water partition coefficient (Wildman–Crippen LogP) is -1.53. The zero-order valence-electron chi connectivity index (χ0n) is 8.02. The Bertz CT molecular complexity index is 305. The molecular formula is C8H12N2O4S. The number of carbonyl (C=O) groups is 2. The molecule has 1 aliphatic rings. The van der Waals surface area contributed by atoms with Gasteiger partial charge in [-0.25, -0.2) is 8.93 Å². The van der Waals surface area contributed by atoms with Gasteiger partial charge in [-0.3, -0.25) is 9.59 Å². The minimum atomic E-state index is -1.11. The third-order valence-electron chi connectivity index (χ3n) is 1.70. The summed E-state index contributed by atoms with van der Waals surface area (Å²) in [5.74, 6) is -0.683. The lowest BCUT2D eigenvalue weighted by Crippen LogP contribution is -2.32. The van der Waals surface area contributed by atoms with Crippen molar-refractivity contribution in [2.75, 3.05) is 18.8 Å². The number of hydrogen-bond donors (Lipinski definition) is 2. The van der Waals surface area contributed by atoms with E-state index in [1.165, 1.54) is 0 Å². The van der Waals surface area contributed by atoms with Crippen LogP contribution in [0.25, 0.3) is 0 Å². The van der Waals surface area contributed by atoms with Gasteiger partial charge < -0.3 is 10.1 Å². The molecule has 7 heteroatoms. The summed E-state index contributed by atoms with van der Waals surface area (Å²) in [6.45, 7) is 3.42. The van der Waals surface area contributed by atoms with Crippen molar-refractivity contribution in [1.29, 1.82) is 0 Å². The highest BCUT2D eigenvalue weighted by Gasteiger charge is 2.23. The summed E-state index contributed by atoms with van der Waals surface area (Å²) in [5.41, 5.74) is 0. The van der Waals surface area contributed by atoms with Gasteiger partial charge in [0.15, 0.2) is 0 Å². The summed E-state index contributed by atoms with van der Waals surface area (Å²) >= 11 is 0. The molecule has 0 radical (unpaired) electrons. The van der Waals surface area contributed by atoms with Crippen molar-refractivity contribution >= 4 is 22.9 Å². The molecule has 1 rings (SSSR count). The Morgan fingerprint density at radius 2 is 2.40 bits per heavy atom. The van der Waals surface area contributed by atoms with Crippen molar-refractivity contribution in [2.45, 2.75) is 6.10 Å². The Balaban J connectivity index is 2.21. The number of nitrogens with one attached hydrogen (secondary N) is 2. The first-order valence-corrected chi connectivity index (χ1v) is 5.65. The first-order valence-electron chi connectivity index (χ1n) is 4.33. The van der Waals surface area contributed by atoms with E-state index in [4.69, 9.17) is 4.74 Å². The number of ether oxygens (including phenoxy) is 1. The van der Waals surface area contributed by atoms with E-state index in [9.17, 15) is 13.8 Å². The molecule has 0 spiro atoms. The molecule has 0 saturated carbocycles. The van der Waals surface area contributed by atoms with Crippen LogP contribution in [0.4, 0.5) is 0 Å². The molecule has 0 aromatic rings. The van der Waals surface area contributed by atoms with Crippen LogP contribution in [0.3, 0.4) is 0 Å². The van der Waals surface area contributed by atoms with Crippen molar-refractivity contribution < 1.29 is 18.5 Å². The first kappa shape index (κ1) is 11.9. The van der Waals surface area contributed by atoms with Gasteiger partial charge in [0.05, 0.1) is 16.7 Å². The standard InChI is InChI=1S/C8H12N2O4S/c1-2-7(11)9-4-8(12)14-6-3-10-15(13)5-6/h2,6,10H,1,3-5H2,(H,9,11). The second kappa shape index (κ2) is 5.62. The van der Waals surface area contributed by atoms with Crippen molar-refractivity contribution in [2.24, 2.45) is 0 Å². The second-order valence-corrected chi connectivity index (χ2v) is 4.21. The molecule has 1 saturated heterocycles.